The van der Waals surface area contributed by atoms with Gasteiger partial charge in [-0.3, -0.25) is 14.7 Å². The van der Waals surface area contributed by atoms with E-state index in [0.717, 1.165) is 178 Å². The van der Waals surface area contributed by atoms with E-state index in [0.29, 0.717) is 104 Å². The highest BCUT2D eigenvalue weighted by Crippen LogP contribution is 2.33. The normalized spacial score (nSPS) is 20.6. The molecule has 6 heterocycles. The SMILES string of the molecule is NC1CCC(N2CCN(C(=O)OCc3ccccc3)CC2)CC1.[C-]#[N+]c1ccc2ncnc(Cl)c2c1.[C-]#[N+]c1ccc2ncnc(NC3CCC(N4CCN(C(=O)OCc5ccccc5)CC4)CC3)c2c1.[C-]#[N+]c1ccc2ncnc(NC3CCC(N4CCN(C(=O)OCc5ccccc5)CC4)CC3)c2c1. The number of fused-ring (bicyclic) bond motifs is 3. The number of halogens is 1. The van der Waals surface area contributed by atoms with Crippen molar-refractivity contribution < 1.29 is 28.6 Å². The van der Waals surface area contributed by atoms with E-state index < -0.39 is 0 Å². The number of amides is 3. The van der Waals surface area contributed by atoms with Gasteiger partial charge in [-0.2, -0.15) is 0 Å². The lowest BCUT2D eigenvalue weighted by Gasteiger charge is -2.41. The molecule has 24 nitrogen and oxygen atoms in total. The van der Waals surface area contributed by atoms with E-state index in [2.05, 4.69) is 69.8 Å². The van der Waals surface area contributed by atoms with Crippen molar-refractivity contribution in [1.29, 1.82) is 0 Å². The van der Waals surface area contributed by atoms with Gasteiger partial charge in [-0.25, -0.2) is 58.8 Å². The number of nitrogens with zero attached hydrogens (tertiary/aromatic N) is 15. The van der Waals surface area contributed by atoms with Crippen LogP contribution in [0.15, 0.2) is 165 Å². The fourth-order valence-electron chi connectivity index (χ4n) is 14.8. The number of benzene rings is 6. The van der Waals surface area contributed by atoms with E-state index in [1.165, 1.54) is 19.2 Å². The zero-order valence-corrected chi connectivity index (χ0v) is 60.5. The molecule has 106 heavy (non-hydrogen) atoms. The summed E-state index contributed by atoms with van der Waals surface area (Å²) in [6.45, 7) is 32.2. The predicted octanol–water partition coefficient (Wildman–Crippen LogP) is 14.8. The zero-order valence-electron chi connectivity index (χ0n) is 59.8. The van der Waals surface area contributed by atoms with Crippen LogP contribution in [0.2, 0.25) is 5.15 Å². The van der Waals surface area contributed by atoms with Crippen LogP contribution in [0.3, 0.4) is 0 Å². The molecule has 3 saturated carbocycles. The van der Waals surface area contributed by atoms with Crippen molar-refractivity contribution in [2.75, 3.05) is 89.2 Å². The summed E-state index contributed by atoms with van der Waals surface area (Å²) in [5, 5.41) is 10.1. The molecule has 6 aromatic carbocycles. The molecule has 0 spiro atoms. The Labute approximate surface area is 624 Å². The van der Waals surface area contributed by atoms with Crippen molar-refractivity contribution in [1.82, 2.24) is 59.3 Å². The molecule has 3 amide bonds. The van der Waals surface area contributed by atoms with Crippen molar-refractivity contribution in [2.24, 2.45) is 5.73 Å². The molecule has 15 rings (SSSR count). The van der Waals surface area contributed by atoms with E-state index in [-0.39, 0.29) is 18.3 Å². The molecule has 3 aliphatic heterocycles. The number of nitrogens with one attached hydrogen (secondary N) is 2. The first-order valence-electron chi connectivity index (χ1n) is 36.8. The van der Waals surface area contributed by atoms with Crippen LogP contribution >= 0.6 is 11.6 Å². The smallest absolute Gasteiger partial charge is 0.410 e. The van der Waals surface area contributed by atoms with Gasteiger partial charge in [0.1, 0.15) is 55.6 Å². The van der Waals surface area contributed by atoms with Gasteiger partial charge >= 0.3 is 18.3 Å². The maximum Gasteiger partial charge on any atom is 0.410 e. The maximum atomic E-state index is 12.5. The lowest BCUT2D eigenvalue weighted by Crippen LogP contribution is -2.53. The molecule has 4 N–H and O–H groups in total. The van der Waals surface area contributed by atoms with Crippen LogP contribution in [0.1, 0.15) is 93.7 Å². The molecule has 6 fully saturated rings. The summed E-state index contributed by atoms with van der Waals surface area (Å²) in [6.07, 6.45) is 17.3. The lowest BCUT2D eigenvalue weighted by atomic mass is 9.89. The third-order valence-electron chi connectivity index (χ3n) is 20.9. The number of anilines is 2. The van der Waals surface area contributed by atoms with Crippen LogP contribution in [0.4, 0.5) is 43.1 Å². The number of carbonyl (C=O) groups is 3. The highest BCUT2D eigenvalue weighted by atomic mass is 35.5. The molecule has 25 heteroatoms. The number of carbonyl (C=O) groups excluding carboxylic acids is 3. The Balaban J connectivity index is 0.000000140. The molecule has 3 aliphatic carbocycles. The number of hydrogen-bond donors (Lipinski definition) is 3. The first kappa shape index (κ1) is 75.0. The van der Waals surface area contributed by atoms with Crippen LogP contribution in [-0.2, 0) is 34.0 Å². The Hall–Kier alpha value is -10.7. The minimum Gasteiger partial charge on any atom is -0.445 e. The van der Waals surface area contributed by atoms with Gasteiger partial charge in [-0.15, -0.1) is 0 Å². The van der Waals surface area contributed by atoms with Crippen LogP contribution in [0, 0.1) is 19.7 Å². The van der Waals surface area contributed by atoms with Gasteiger partial charge in [0.05, 0.1) is 36.3 Å². The van der Waals surface area contributed by atoms with Gasteiger partial charge in [0.25, 0.3) is 0 Å². The Morgan fingerprint density at radius 2 is 0.698 bits per heavy atom. The Morgan fingerprint density at radius 1 is 0.396 bits per heavy atom. The molecule has 6 aliphatic rings. The Bertz CT molecular complexity index is 4290. The minimum atomic E-state index is -0.222. The second-order valence-corrected chi connectivity index (χ2v) is 28.0. The second kappa shape index (κ2) is 37.9. The Kier molecular flexibility index (Phi) is 26.8. The van der Waals surface area contributed by atoms with Gasteiger partial charge in [0.15, 0.2) is 17.1 Å². The summed E-state index contributed by atoms with van der Waals surface area (Å²) >= 11 is 5.83. The third kappa shape index (κ3) is 20.9. The molecule has 3 saturated heterocycles. The number of piperazine rings is 3. The summed E-state index contributed by atoms with van der Waals surface area (Å²) in [6, 6.07) is 48.5. The van der Waals surface area contributed by atoms with E-state index in [1.54, 1.807) is 43.0 Å². The molecule has 0 atom stereocenters. The Morgan fingerprint density at radius 3 is 1.03 bits per heavy atom. The summed E-state index contributed by atoms with van der Waals surface area (Å²) in [7, 11) is 0. The van der Waals surface area contributed by atoms with E-state index in [4.69, 9.17) is 51.3 Å². The van der Waals surface area contributed by atoms with Crippen molar-refractivity contribution in [3.8, 4) is 0 Å². The number of aromatic nitrogens is 6. The average molecular weight is 1450 g/mol. The highest BCUT2D eigenvalue weighted by Gasteiger charge is 2.34. The minimum absolute atomic E-state index is 0.195. The molecule has 548 valence electrons. The summed E-state index contributed by atoms with van der Waals surface area (Å²) in [5.41, 5.74) is 13.2. The summed E-state index contributed by atoms with van der Waals surface area (Å²) in [4.78, 5) is 85.9. The number of hydrogen-bond acceptors (Lipinski definition) is 18. The van der Waals surface area contributed by atoms with Crippen LogP contribution in [0.5, 0.6) is 0 Å². The lowest BCUT2D eigenvalue weighted by molar-refractivity contribution is 0.0516. The number of rotatable bonds is 13. The number of nitrogens with two attached hydrogens (primary N) is 1. The molecular formula is C81H91ClN18O6. The first-order valence-corrected chi connectivity index (χ1v) is 37.2. The van der Waals surface area contributed by atoms with Crippen molar-refractivity contribution >= 4 is 91.3 Å². The van der Waals surface area contributed by atoms with Gasteiger partial charge < -0.3 is 45.3 Å². The van der Waals surface area contributed by atoms with Gasteiger partial charge in [-0.1, -0.05) is 121 Å². The quantitative estimate of drug-likeness (QED) is 0.0552. The van der Waals surface area contributed by atoms with Gasteiger partial charge in [0, 0.05) is 131 Å². The topological polar surface area (TPSA) is 239 Å². The van der Waals surface area contributed by atoms with Crippen molar-refractivity contribution in [2.45, 2.75) is 133 Å². The molecule has 0 bridgehead atoms. The molecule has 9 aromatic rings. The van der Waals surface area contributed by atoms with Crippen molar-refractivity contribution in [3.05, 3.63) is 221 Å². The summed E-state index contributed by atoms with van der Waals surface area (Å²) < 4.78 is 16.4. The molecular weight excluding hydrogens is 1360 g/mol. The van der Waals surface area contributed by atoms with Gasteiger partial charge in [0.2, 0.25) is 0 Å². The number of ether oxygens (including phenoxy) is 3. The van der Waals surface area contributed by atoms with Gasteiger partial charge in [-0.05, 0) is 130 Å². The highest BCUT2D eigenvalue weighted by molar-refractivity contribution is 6.34. The second-order valence-electron chi connectivity index (χ2n) is 27.6. The molecule has 0 radical (unpaired) electrons. The standard InChI is InChI=1S/2C27H30N6O2.C18H27N3O2.C9H4ClN3/c2*1-28-22-9-12-25-24(17-22)26(30-19-29-25)31-21-7-10-23(11-8-21)32-13-15-33(16-14-32)27(34)35-18-20-5-3-2-4-6-20;19-16-6-8-17(9-7-16)20-10-12-21(13-11-20)18(22)23-14-15-4-2-1-3-5-15;1-11-6-2-3-8-7(4-6)9(10)13-5-12-8/h2*2-6,9,12,17,19,21,23H,7-8,10-11,13-16,18H2,(H,29,30,31);1-5,16-17H,6-14,19H2;2-5H. The predicted molar refractivity (Wildman–Crippen MR) is 411 cm³/mol. The zero-order chi connectivity index (χ0) is 73.4. The van der Waals surface area contributed by atoms with E-state index >= 15 is 0 Å². The average Bonchev–Trinajstić information content (AvgIpc) is 0.822. The fraction of sp³-hybridized carbons (Fsp3) is 0.407. The first-order chi connectivity index (χ1) is 51.9. The van der Waals surface area contributed by atoms with E-state index in [1.807, 2.05) is 130 Å². The van der Waals surface area contributed by atoms with Crippen LogP contribution < -0.4 is 16.4 Å². The van der Waals surface area contributed by atoms with Crippen molar-refractivity contribution in [3.63, 3.8) is 0 Å². The third-order valence-corrected chi connectivity index (χ3v) is 21.2. The maximum absolute atomic E-state index is 12.5. The largest absolute Gasteiger partial charge is 0.445 e. The summed E-state index contributed by atoms with van der Waals surface area (Å²) in [5.74, 6) is 1.62. The molecule has 0 unspecified atom stereocenters. The monoisotopic (exact) mass is 1450 g/mol. The van der Waals surface area contributed by atoms with Crippen LogP contribution in [0.25, 0.3) is 47.2 Å². The fourth-order valence-corrected chi connectivity index (χ4v) is 15.0. The molecule has 3 aromatic heterocycles. The van der Waals surface area contributed by atoms with Crippen LogP contribution in [-0.4, -0.2) is 192 Å². The van der Waals surface area contributed by atoms with E-state index in [9.17, 15) is 14.4 Å².